The molecule has 0 unspecified atom stereocenters. The highest BCUT2D eigenvalue weighted by Crippen LogP contribution is 2.23. The van der Waals surface area contributed by atoms with E-state index in [9.17, 15) is 4.79 Å². The number of amides is 1. The van der Waals surface area contributed by atoms with Crippen LogP contribution in [0.15, 0.2) is 31.0 Å². The van der Waals surface area contributed by atoms with Crippen LogP contribution in [0.5, 0.6) is 0 Å². The van der Waals surface area contributed by atoms with Gasteiger partial charge in [-0.1, -0.05) is 0 Å². The van der Waals surface area contributed by atoms with Crippen LogP contribution in [0, 0.1) is 0 Å². The van der Waals surface area contributed by atoms with Crippen molar-refractivity contribution < 1.29 is 14.3 Å². The van der Waals surface area contributed by atoms with Crippen molar-refractivity contribution >= 4 is 17.6 Å². The van der Waals surface area contributed by atoms with Gasteiger partial charge in [0.05, 0.1) is 31.2 Å². The predicted molar refractivity (Wildman–Crippen MR) is 121 cm³/mol. The number of rotatable bonds is 5. The molecule has 4 heterocycles. The number of methoxy groups -OCH3 is 1. The number of anilines is 1. The van der Waals surface area contributed by atoms with Gasteiger partial charge in [-0.3, -0.25) is 9.08 Å². The van der Waals surface area contributed by atoms with E-state index in [-0.39, 0.29) is 6.09 Å². The van der Waals surface area contributed by atoms with Gasteiger partial charge in [-0.2, -0.15) is 5.10 Å². The number of carbonyl (C=O) groups is 1. The lowest BCUT2D eigenvalue weighted by Crippen LogP contribution is -2.39. The van der Waals surface area contributed by atoms with Crippen molar-refractivity contribution in [1.29, 1.82) is 0 Å². The Kier molecular flexibility index (Phi) is 6.31. The highest BCUT2D eigenvalue weighted by atomic mass is 16.6. The van der Waals surface area contributed by atoms with Gasteiger partial charge in [-0.25, -0.2) is 14.8 Å². The molecule has 1 aliphatic rings. The first-order valence-corrected chi connectivity index (χ1v) is 10.9. The molecule has 0 N–H and O–H groups in total. The zero-order valence-electron chi connectivity index (χ0n) is 19.2. The summed E-state index contributed by atoms with van der Waals surface area (Å²) in [6.07, 6.45) is 8.04. The first-order valence-electron chi connectivity index (χ1n) is 10.9. The summed E-state index contributed by atoms with van der Waals surface area (Å²) in [5, 5.41) is 4.36. The monoisotopic (exact) mass is 441 g/mol. The average Bonchev–Trinajstić information content (AvgIpc) is 3.31. The molecule has 0 bridgehead atoms. The van der Waals surface area contributed by atoms with Crippen LogP contribution in [-0.2, 0) is 16.0 Å². The Morgan fingerprint density at radius 3 is 2.75 bits per heavy atom. The lowest BCUT2D eigenvalue weighted by molar-refractivity contribution is 0.0263. The SMILES string of the molecule is COCCn1cc(-c2cc3ncc(N4CCCN(C(=O)OC(C)(C)C)CC4)n3cn2)cn1. The minimum absolute atomic E-state index is 0.255. The van der Waals surface area contributed by atoms with Gasteiger partial charge in [0.25, 0.3) is 0 Å². The van der Waals surface area contributed by atoms with Crippen LogP contribution in [-0.4, -0.2) is 80.6 Å². The Bertz CT molecular complexity index is 1070. The van der Waals surface area contributed by atoms with Crippen LogP contribution < -0.4 is 4.90 Å². The summed E-state index contributed by atoms with van der Waals surface area (Å²) in [6.45, 7) is 9.80. The fourth-order valence-electron chi connectivity index (χ4n) is 3.72. The Morgan fingerprint density at radius 2 is 1.97 bits per heavy atom. The topological polar surface area (TPSA) is 90.0 Å². The molecule has 0 atom stereocenters. The molecule has 0 aliphatic carbocycles. The van der Waals surface area contributed by atoms with Gasteiger partial charge >= 0.3 is 6.09 Å². The van der Waals surface area contributed by atoms with Crippen LogP contribution in [0.2, 0.25) is 0 Å². The first kappa shape index (κ1) is 22.1. The smallest absolute Gasteiger partial charge is 0.410 e. The van der Waals surface area contributed by atoms with E-state index >= 15 is 0 Å². The van der Waals surface area contributed by atoms with E-state index in [1.807, 2.05) is 48.3 Å². The zero-order valence-corrected chi connectivity index (χ0v) is 19.2. The van der Waals surface area contributed by atoms with E-state index in [1.165, 1.54) is 0 Å². The van der Waals surface area contributed by atoms with Crippen molar-refractivity contribution in [3.63, 3.8) is 0 Å². The molecule has 0 radical (unpaired) electrons. The van der Waals surface area contributed by atoms with E-state index < -0.39 is 5.60 Å². The van der Waals surface area contributed by atoms with Crippen molar-refractivity contribution in [2.75, 3.05) is 44.8 Å². The van der Waals surface area contributed by atoms with Gasteiger partial charge < -0.3 is 19.3 Å². The van der Waals surface area contributed by atoms with Gasteiger partial charge in [-0.15, -0.1) is 0 Å². The molecule has 1 fully saturated rings. The van der Waals surface area contributed by atoms with Crippen LogP contribution in [0.4, 0.5) is 10.6 Å². The second kappa shape index (κ2) is 9.15. The maximum atomic E-state index is 12.4. The van der Waals surface area contributed by atoms with Gasteiger partial charge in [-0.05, 0) is 27.2 Å². The number of aromatic nitrogens is 5. The minimum atomic E-state index is -0.492. The summed E-state index contributed by atoms with van der Waals surface area (Å²) in [4.78, 5) is 25.7. The molecular weight excluding hydrogens is 410 g/mol. The Balaban J connectivity index is 1.47. The quantitative estimate of drug-likeness (QED) is 0.601. The lowest BCUT2D eigenvalue weighted by Gasteiger charge is -2.26. The van der Waals surface area contributed by atoms with E-state index in [2.05, 4.69) is 20.0 Å². The number of hydrogen-bond acceptors (Lipinski definition) is 7. The zero-order chi connectivity index (χ0) is 22.7. The predicted octanol–water partition coefficient (Wildman–Crippen LogP) is 2.69. The third-order valence-corrected chi connectivity index (χ3v) is 5.31. The number of imidazole rings is 1. The summed E-state index contributed by atoms with van der Waals surface area (Å²) in [6, 6.07) is 1.96. The van der Waals surface area contributed by atoms with Crippen molar-refractivity contribution in [3.8, 4) is 11.3 Å². The molecule has 3 aromatic rings. The van der Waals surface area contributed by atoms with Gasteiger partial charge in [0.2, 0.25) is 0 Å². The Labute approximate surface area is 187 Å². The molecule has 32 heavy (non-hydrogen) atoms. The molecule has 172 valence electrons. The highest BCUT2D eigenvalue weighted by Gasteiger charge is 2.25. The van der Waals surface area contributed by atoms with Crippen LogP contribution in [0.1, 0.15) is 27.2 Å². The second-order valence-electron chi connectivity index (χ2n) is 8.91. The average molecular weight is 442 g/mol. The van der Waals surface area contributed by atoms with E-state index in [4.69, 9.17) is 9.47 Å². The normalized spacial score (nSPS) is 15.2. The number of carbonyl (C=O) groups excluding carboxylic acids is 1. The summed E-state index contributed by atoms with van der Waals surface area (Å²) in [5.74, 6) is 0.973. The fourth-order valence-corrected chi connectivity index (χ4v) is 3.72. The third kappa shape index (κ3) is 5.01. The second-order valence-corrected chi connectivity index (χ2v) is 8.91. The Morgan fingerprint density at radius 1 is 1.12 bits per heavy atom. The first-order chi connectivity index (χ1) is 15.3. The summed E-state index contributed by atoms with van der Waals surface area (Å²) in [5.41, 5.74) is 2.10. The maximum absolute atomic E-state index is 12.4. The summed E-state index contributed by atoms with van der Waals surface area (Å²) in [7, 11) is 1.68. The molecule has 1 saturated heterocycles. The number of hydrogen-bond donors (Lipinski definition) is 0. The Hall–Kier alpha value is -3.14. The van der Waals surface area contributed by atoms with Gasteiger partial charge in [0.1, 0.15) is 23.4 Å². The van der Waals surface area contributed by atoms with Crippen molar-refractivity contribution in [2.24, 2.45) is 0 Å². The largest absolute Gasteiger partial charge is 0.444 e. The van der Waals surface area contributed by atoms with Crippen molar-refractivity contribution in [1.82, 2.24) is 29.0 Å². The molecule has 10 nitrogen and oxygen atoms in total. The van der Waals surface area contributed by atoms with Crippen molar-refractivity contribution in [2.45, 2.75) is 39.3 Å². The van der Waals surface area contributed by atoms with Crippen LogP contribution in [0.3, 0.4) is 0 Å². The number of ether oxygens (including phenoxy) is 2. The van der Waals surface area contributed by atoms with E-state index in [0.29, 0.717) is 32.8 Å². The van der Waals surface area contributed by atoms with Crippen molar-refractivity contribution in [3.05, 3.63) is 31.0 Å². The summed E-state index contributed by atoms with van der Waals surface area (Å²) >= 11 is 0. The van der Waals surface area contributed by atoms with Crippen LogP contribution in [0.25, 0.3) is 16.9 Å². The van der Waals surface area contributed by atoms with Crippen LogP contribution >= 0.6 is 0 Å². The molecule has 0 saturated carbocycles. The van der Waals surface area contributed by atoms with E-state index in [1.54, 1.807) is 24.5 Å². The molecule has 1 aliphatic heterocycles. The molecule has 3 aromatic heterocycles. The molecule has 10 heteroatoms. The third-order valence-electron chi connectivity index (χ3n) is 5.31. The number of fused-ring (bicyclic) bond motifs is 1. The molecule has 4 rings (SSSR count). The standard InChI is InChI=1S/C22H31N7O3/c1-22(2,3)32-21(30)27-7-5-6-26(8-9-27)20-14-23-19-12-18(24-16-29(19)20)17-13-25-28(15-17)10-11-31-4/h12-16H,5-11H2,1-4H3. The highest BCUT2D eigenvalue weighted by molar-refractivity contribution is 5.68. The maximum Gasteiger partial charge on any atom is 0.410 e. The van der Waals surface area contributed by atoms with E-state index in [0.717, 1.165) is 35.7 Å². The van der Waals surface area contributed by atoms with Gasteiger partial charge in [0, 0.05) is 51.1 Å². The number of nitrogens with zero attached hydrogens (tertiary/aromatic N) is 7. The summed E-state index contributed by atoms with van der Waals surface area (Å²) < 4.78 is 14.5. The molecule has 0 spiro atoms. The molecular formula is C22H31N7O3. The lowest BCUT2D eigenvalue weighted by atomic mass is 10.2. The molecule has 0 aromatic carbocycles. The minimum Gasteiger partial charge on any atom is -0.444 e. The fraction of sp³-hybridized carbons (Fsp3) is 0.545. The molecule has 1 amide bonds. The van der Waals surface area contributed by atoms with Gasteiger partial charge in [0.15, 0.2) is 0 Å².